The van der Waals surface area contributed by atoms with Crippen molar-refractivity contribution in [3.05, 3.63) is 0 Å². The Hall–Kier alpha value is -2.40. The largest absolute Gasteiger partial charge is 0.466 e. The van der Waals surface area contributed by atoms with Crippen molar-refractivity contribution >= 4 is 11.9 Å². The molecule has 24 heteroatoms. The van der Waals surface area contributed by atoms with E-state index in [0.717, 1.165) is 0 Å². The fourth-order valence-corrected chi connectivity index (χ4v) is 3.22. The van der Waals surface area contributed by atoms with Crippen molar-refractivity contribution < 1.29 is 103 Å². The summed E-state index contributed by atoms with van der Waals surface area (Å²) in [6.45, 7) is -2.55. The van der Waals surface area contributed by atoms with Crippen LogP contribution in [0.1, 0.15) is 32.1 Å². The van der Waals surface area contributed by atoms with Gasteiger partial charge in [0.05, 0.1) is 47.3 Å². The molecule has 47 heavy (non-hydrogen) atoms. The minimum absolute atomic E-state index is 0.151. The summed E-state index contributed by atoms with van der Waals surface area (Å²) >= 11 is 0. The van der Waals surface area contributed by atoms with Crippen molar-refractivity contribution in [1.29, 1.82) is 0 Å². The van der Waals surface area contributed by atoms with Gasteiger partial charge >= 0.3 is 59.8 Å². The lowest BCUT2D eigenvalue weighted by atomic mass is 10.00. The van der Waals surface area contributed by atoms with Crippen LogP contribution < -0.4 is 5.32 Å². The Labute approximate surface area is 254 Å². The van der Waals surface area contributed by atoms with Gasteiger partial charge in [0.25, 0.3) is 0 Å². The second-order valence-corrected chi connectivity index (χ2v) is 11.0. The van der Waals surface area contributed by atoms with Crippen LogP contribution in [0.25, 0.3) is 0 Å². The molecule has 0 aliphatic rings. The number of hydrogen-bond acceptors (Lipinski definition) is 5. The van der Waals surface area contributed by atoms with Crippen LogP contribution in [0.4, 0.5) is 79.0 Å². The van der Waals surface area contributed by atoms with Crippen LogP contribution in [-0.2, 0) is 19.1 Å². The summed E-state index contributed by atoms with van der Waals surface area (Å²) in [4.78, 5) is 24.4. The van der Waals surface area contributed by atoms with Crippen LogP contribution in [0.3, 0.4) is 0 Å². The highest BCUT2D eigenvalue weighted by Gasteiger charge is 2.82. The minimum Gasteiger partial charge on any atom is -0.466 e. The molecule has 1 atom stereocenters. The van der Waals surface area contributed by atoms with Crippen molar-refractivity contribution in [3.8, 4) is 0 Å². The average molecular weight is 739 g/mol. The fourth-order valence-electron chi connectivity index (χ4n) is 3.22. The van der Waals surface area contributed by atoms with Gasteiger partial charge in [0, 0.05) is 19.4 Å². The summed E-state index contributed by atoms with van der Waals surface area (Å²) in [7, 11) is 4.89. The smallest absolute Gasteiger partial charge is 0.460 e. The molecule has 0 radical (unpaired) electrons. The summed E-state index contributed by atoms with van der Waals surface area (Å²) in [6, 6.07) is -1.82. The van der Waals surface area contributed by atoms with Gasteiger partial charge in [0.15, 0.2) is 0 Å². The molecule has 1 N–H and O–H groups in total. The number of hydrogen-bond donors (Lipinski definition) is 1. The predicted molar refractivity (Wildman–Crippen MR) is 121 cm³/mol. The number of quaternary nitrogens is 1. The molecule has 0 spiro atoms. The molecule has 1 unspecified atom stereocenters. The van der Waals surface area contributed by atoms with Crippen molar-refractivity contribution in [1.82, 2.24) is 5.32 Å². The van der Waals surface area contributed by atoms with Gasteiger partial charge in [-0.1, -0.05) is 0 Å². The number of ether oxygens (including phenoxy) is 2. The normalized spacial score (nSPS) is 15.4. The van der Waals surface area contributed by atoms with E-state index < -0.39 is 111 Å². The van der Waals surface area contributed by atoms with Gasteiger partial charge in [0.2, 0.25) is 0 Å². The molecule has 0 aromatic heterocycles. The average Bonchev–Trinajstić information content (AvgIpc) is 2.85. The summed E-state index contributed by atoms with van der Waals surface area (Å²) in [5.74, 6) is -43.1. The van der Waals surface area contributed by atoms with Crippen LogP contribution in [0.15, 0.2) is 0 Å². The summed E-state index contributed by atoms with van der Waals surface area (Å²) in [5, 5.41) is 2.40. The SMILES string of the molecule is C[N+](C)(C)CCNC(CC(=O)OCCCC(F)(F)C(F)(F)C(F)(F)C(F)(F)F)C(=O)OCCCC(F)(F)C(F)(F)C(F)(F)C(F)(F)F. The standard InChI is InChI=1S/C23H29F18N2O4/c1-43(2,3)9-8-42-13(15(45)47-11-5-7-17(26,27)19(30,31)21(34,35)23(39,40)41)12-14(44)46-10-4-6-16(24,25)18(28,29)20(32,33)22(36,37)38/h13,42H,4-12H2,1-3H3/q+1. The maximum Gasteiger partial charge on any atom is 0.460 e. The van der Waals surface area contributed by atoms with Gasteiger partial charge < -0.3 is 14.0 Å². The molecule has 0 saturated heterocycles. The topological polar surface area (TPSA) is 64.6 Å². The van der Waals surface area contributed by atoms with E-state index in [1.165, 1.54) is 0 Å². The predicted octanol–water partition coefficient (Wildman–Crippen LogP) is 6.62. The molecule has 0 aromatic carbocycles. The first kappa shape index (κ1) is 44.6. The van der Waals surface area contributed by atoms with Gasteiger partial charge in [-0.3, -0.25) is 14.9 Å². The van der Waals surface area contributed by atoms with E-state index in [0.29, 0.717) is 0 Å². The Balaban J connectivity index is 5.33. The Morgan fingerprint density at radius 3 is 1.30 bits per heavy atom. The maximum absolute atomic E-state index is 13.6. The van der Waals surface area contributed by atoms with Crippen LogP contribution in [0.5, 0.6) is 0 Å². The molecule has 0 aromatic rings. The molecule has 0 fully saturated rings. The summed E-state index contributed by atoms with van der Waals surface area (Å²) in [5.41, 5.74) is 0. The van der Waals surface area contributed by atoms with Crippen molar-refractivity contribution in [2.75, 3.05) is 47.4 Å². The highest BCUT2D eigenvalue weighted by Crippen LogP contribution is 2.55. The Morgan fingerprint density at radius 2 is 0.957 bits per heavy atom. The molecule has 0 aliphatic heterocycles. The number of rotatable bonds is 19. The molecule has 0 heterocycles. The Bertz CT molecular complexity index is 1040. The van der Waals surface area contributed by atoms with Crippen LogP contribution in [-0.4, -0.2) is 118 Å². The van der Waals surface area contributed by atoms with Crippen LogP contribution >= 0.6 is 0 Å². The molecular formula is C23H29F18N2O4+. The number of alkyl halides is 18. The van der Waals surface area contributed by atoms with Crippen molar-refractivity contribution in [2.45, 2.75) is 86.0 Å². The highest BCUT2D eigenvalue weighted by atomic mass is 19.4. The first-order valence-corrected chi connectivity index (χ1v) is 12.9. The third-order valence-electron chi connectivity index (χ3n) is 6.03. The molecule has 6 nitrogen and oxygen atoms in total. The van der Waals surface area contributed by atoms with Gasteiger partial charge in [-0.05, 0) is 12.8 Å². The lowest BCUT2D eigenvalue weighted by molar-refractivity contribution is -0.869. The first-order chi connectivity index (χ1) is 20.6. The number of nitrogens with zero attached hydrogens (tertiary/aromatic N) is 1. The zero-order valence-electron chi connectivity index (χ0n) is 24.3. The second kappa shape index (κ2) is 15.0. The van der Waals surface area contributed by atoms with Crippen molar-refractivity contribution in [3.63, 3.8) is 0 Å². The quantitative estimate of drug-likeness (QED) is 0.0699. The lowest BCUT2D eigenvalue weighted by Gasteiger charge is -2.33. The third kappa shape index (κ3) is 11.1. The van der Waals surface area contributed by atoms with E-state index in [9.17, 15) is 88.6 Å². The molecule has 0 aliphatic carbocycles. The zero-order valence-corrected chi connectivity index (χ0v) is 24.3. The number of likely N-dealkylation sites (N-methyl/N-ethyl adjacent to an activating group) is 1. The fraction of sp³-hybridized carbons (Fsp3) is 0.913. The Kier molecular flexibility index (Phi) is 14.2. The number of halogens is 18. The van der Waals surface area contributed by atoms with Gasteiger partial charge in [-0.15, -0.1) is 0 Å². The lowest BCUT2D eigenvalue weighted by Crippen LogP contribution is -2.60. The van der Waals surface area contributed by atoms with Crippen LogP contribution in [0, 0.1) is 0 Å². The number of carbonyl (C=O) groups is 2. The van der Waals surface area contributed by atoms with E-state index >= 15 is 0 Å². The Morgan fingerprint density at radius 1 is 0.596 bits per heavy atom. The highest BCUT2D eigenvalue weighted by molar-refractivity contribution is 5.82. The van der Waals surface area contributed by atoms with Crippen molar-refractivity contribution in [2.24, 2.45) is 0 Å². The van der Waals surface area contributed by atoms with Crippen LogP contribution in [0.2, 0.25) is 0 Å². The van der Waals surface area contributed by atoms with E-state index in [1.54, 1.807) is 21.1 Å². The number of nitrogens with one attached hydrogen (secondary N) is 1. The van der Waals surface area contributed by atoms with Gasteiger partial charge in [-0.2, -0.15) is 79.0 Å². The van der Waals surface area contributed by atoms with E-state index in [-0.39, 0.29) is 17.6 Å². The zero-order chi connectivity index (χ0) is 37.7. The maximum atomic E-state index is 13.6. The van der Waals surface area contributed by atoms with E-state index in [4.69, 9.17) is 0 Å². The van der Waals surface area contributed by atoms with Gasteiger partial charge in [0.1, 0.15) is 6.04 Å². The molecular weight excluding hydrogens is 710 g/mol. The number of esters is 2. The molecule has 0 bridgehead atoms. The van der Waals surface area contributed by atoms with E-state index in [2.05, 4.69) is 14.8 Å². The first-order valence-electron chi connectivity index (χ1n) is 12.9. The third-order valence-corrected chi connectivity index (χ3v) is 6.03. The molecule has 0 saturated carbocycles. The summed E-state index contributed by atoms with van der Waals surface area (Å²) in [6.07, 6.45) is -22.7. The number of carbonyl (C=O) groups excluding carboxylic acids is 2. The minimum atomic E-state index is -7.15. The summed E-state index contributed by atoms with van der Waals surface area (Å²) < 4.78 is 242. The van der Waals surface area contributed by atoms with Gasteiger partial charge in [-0.25, -0.2) is 0 Å². The monoisotopic (exact) mass is 739 g/mol. The molecule has 0 rings (SSSR count). The van der Waals surface area contributed by atoms with E-state index in [1.807, 2.05) is 0 Å². The molecule has 280 valence electrons. The molecule has 0 amide bonds. The second-order valence-electron chi connectivity index (χ2n) is 11.0.